The largest absolute Gasteiger partial charge is 0.480 e. The highest BCUT2D eigenvalue weighted by Crippen LogP contribution is 2.22. The first-order chi connectivity index (χ1) is 11.1. The van der Waals surface area contributed by atoms with E-state index in [1.54, 1.807) is 33.0 Å². The standard InChI is InChI=1S/C14H18ClN5O4/c1-14(2,3)24-13(23)17-8(11(21)22)6-20-5-4-7-9(15)18-12(16)19-10(7)20/h4-5,8H,6H2,1-3H3,(H,17,23)(H,21,22)(H2,16,18,19). The molecule has 2 aromatic rings. The second kappa shape index (κ2) is 6.52. The summed E-state index contributed by atoms with van der Waals surface area (Å²) in [4.78, 5) is 31.1. The van der Waals surface area contributed by atoms with Gasteiger partial charge in [-0.25, -0.2) is 14.6 Å². The molecule has 0 radical (unpaired) electrons. The molecule has 2 aromatic heterocycles. The van der Waals surface area contributed by atoms with E-state index in [4.69, 9.17) is 22.1 Å². The number of carbonyl (C=O) groups excluding carboxylic acids is 1. The molecule has 130 valence electrons. The number of aromatic nitrogens is 3. The maximum Gasteiger partial charge on any atom is 0.408 e. The molecule has 0 aliphatic heterocycles. The van der Waals surface area contributed by atoms with Crippen molar-refractivity contribution in [2.45, 2.75) is 39.0 Å². The van der Waals surface area contributed by atoms with Crippen molar-refractivity contribution < 1.29 is 19.4 Å². The Hall–Kier alpha value is -2.55. The Bertz CT molecular complexity index is 783. The predicted molar refractivity (Wildman–Crippen MR) is 87.7 cm³/mol. The third-order valence-electron chi connectivity index (χ3n) is 2.96. The molecule has 0 aromatic carbocycles. The third kappa shape index (κ3) is 4.25. The first kappa shape index (κ1) is 17.8. The van der Waals surface area contributed by atoms with Gasteiger partial charge in [-0.3, -0.25) is 0 Å². The average Bonchev–Trinajstić information content (AvgIpc) is 2.79. The van der Waals surface area contributed by atoms with E-state index in [1.807, 2.05) is 0 Å². The van der Waals surface area contributed by atoms with Gasteiger partial charge in [-0.1, -0.05) is 11.6 Å². The summed E-state index contributed by atoms with van der Waals surface area (Å²) in [5.41, 5.74) is 5.21. The highest BCUT2D eigenvalue weighted by Gasteiger charge is 2.25. The molecule has 2 rings (SSSR count). The molecular formula is C14H18ClN5O4. The zero-order valence-electron chi connectivity index (χ0n) is 13.4. The summed E-state index contributed by atoms with van der Waals surface area (Å²) in [6.07, 6.45) is 0.774. The molecule has 10 heteroatoms. The van der Waals surface area contributed by atoms with Crippen LogP contribution >= 0.6 is 11.6 Å². The molecule has 2 heterocycles. The number of ether oxygens (including phenoxy) is 1. The number of amides is 1. The summed E-state index contributed by atoms with van der Waals surface area (Å²) in [6.45, 7) is 4.97. The van der Waals surface area contributed by atoms with Crippen molar-refractivity contribution in [1.29, 1.82) is 0 Å². The molecule has 0 saturated heterocycles. The van der Waals surface area contributed by atoms with Gasteiger partial charge in [0, 0.05) is 6.20 Å². The number of anilines is 1. The van der Waals surface area contributed by atoms with Gasteiger partial charge in [-0.05, 0) is 26.8 Å². The minimum atomic E-state index is -1.22. The van der Waals surface area contributed by atoms with Gasteiger partial charge in [0.1, 0.15) is 22.4 Å². The molecular weight excluding hydrogens is 338 g/mol. The fraction of sp³-hybridized carbons (Fsp3) is 0.429. The number of carboxylic acids is 1. The number of hydrogen-bond acceptors (Lipinski definition) is 6. The van der Waals surface area contributed by atoms with Crippen molar-refractivity contribution >= 4 is 40.6 Å². The van der Waals surface area contributed by atoms with Crippen LogP contribution in [0.1, 0.15) is 20.8 Å². The van der Waals surface area contributed by atoms with Crippen LogP contribution in [-0.4, -0.2) is 43.3 Å². The molecule has 0 aliphatic rings. The zero-order valence-corrected chi connectivity index (χ0v) is 14.2. The van der Waals surface area contributed by atoms with E-state index in [2.05, 4.69) is 15.3 Å². The van der Waals surface area contributed by atoms with E-state index < -0.39 is 23.7 Å². The molecule has 4 N–H and O–H groups in total. The maximum absolute atomic E-state index is 11.8. The van der Waals surface area contributed by atoms with Gasteiger partial charge in [0.25, 0.3) is 0 Å². The van der Waals surface area contributed by atoms with Gasteiger partial charge in [-0.15, -0.1) is 0 Å². The average molecular weight is 356 g/mol. The molecule has 0 saturated carbocycles. The first-order valence-electron chi connectivity index (χ1n) is 7.07. The number of aliphatic carboxylic acids is 1. The van der Waals surface area contributed by atoms with E-state index in [0.717, 1.165) is 0 Å². The van der Waals surface area contributed by atoms with Gasteiger partial charge >= 0.3 is 12.1 Å². The second-order valence-electron chi connectivity index (χ2n) is 6.12. The highest BCUT2D eigenvalue weighted by molar-refractivity contribution is 6.34. The van der Waals surface area contributed by atoms with Gasteiger partial charge in [0.05, 0.1) is 11.9 Å². The number of carbonyl (C=O) groups is 2. The molecule has 1 atom stereocenters. The van der Waals surface area contributed by atoms with E-state index in [1.165, 1.54) is 4.57 Å². The number of halogens is 1. The number of carboxylic acid groups (broad SMARTS) is 1. The lowest BCUT2D eigenvalue weighted by Gasteiger charge is -2.22. The lowest BCUT2D eigenvalue weighted by Crippen LogP contribution is -2.45. The quantitative estimate of drug-likeness (QED) is 0.710. The molecule has 0 fully saturated rings. The van der Waals surface area contributed by atoms with Crippen LogP contribution in [0.3, 0.4) is 0 Å². The molecule has 1 amide bonds. The van der Waals surface area contributed by atoms with Crippen molar-refractivity contribution in [2.75, 3.05) is 5.73 Å². The summed E-state index contributed by atoms with van der Waals surface area (Å²) < 4.78 is 6.60. The number of nitrogens with two attached hydrogens (primary N) is 1. The summed E-state index contributed by atoms with van der Waals surface area (Å²) in [7, 11) is 0. The zero-order chi connectivity index (χ0) is 18.1. The van der Waals surface area contributed by atoms with Crippen molar-refractivity contribution in [2.24, 2.45) is 0 Å². The second-order valence-corrected chi connectivity index (χ2v) is 6.47. The molecule has 9 nitrogen and oxygen atoms in total. The van der Waals surface area contributed by atoms with Crippen LogP contribution in [0, 0.1) is 0 Å². The summed E-state index contributed by atoms with van der Waals surface area (Å²) in [5, 5.41) is 12.4. The Morgan fingerprint density at radius 3 is 2.71 bits per heavy atom. The third-order valence-corrected chi connectivity index (χ3v) is 3.25. The first-order valence-corrected chi connectivity index (χ1v) is 7.45. The predicted octanol–water partition coefficient (Wildman–Crippen LogP) is 1.64. The lowest BCUT2D eigenvalue weighted by molar-refractivity contribution is -0.139. The molecule has 1 unspecified atom stereocenters. The Kier molecular flexibility index (Phi) is 4.83. The Morgan fingerprint density at radius 2 is 2.12 bits per heavy atom. The maximum atomic E-state index is 11.8. The molecule has 24 heavy (non-hydrogen) atoms. The van der Waals surface area contributed by atoms with Crippen molar-refractivity contribution in [3.63, 3.8) is 0 Å². The fourth-order valence-corrected chi connectivity index (χ4v) is 2.26. The SMILES string of the molecule is CC(C)(C)OC(=O)NC(Cn1ccc2c(Cl)nc(N)nc21)C(=O)O. The van der Waals surface area contributed by atoms with Crippen LogP contribution < -0.4 is 11.1 Å². The number of alkyl carbamates (subject to hydrolysis) is 1. The van der Waals surface area contributed by atoms with Crippen molar-refractivity contribution in [1.82, 2.24) is 19.9 Å². The van der Waals surface area contributed by atoms with Crippen LogP contribution in [0.4, 0.5) is 10.7 Å². The van der Waals surface area contributed by atoms with E-state index >= 15 is 0 Å². The van der Waals surface area contributed by atoms with Gasteiger partial charge in [0.2, 0.25) is 5.95 Å². The van der Waals surface area contributed by atoms with E-state index in [9.17, 15) is 14.7 Å². The highest BCUT2D eigenvalue weighted by atomic mass is 35.5. The van der Waals surface area contributed by atoms with Crippen LogP contribution in [0.15, 0.2) is 12.3 Å². The van der Waals surface area contributed by atoms with Crippen molar-refractivity contribution in [3.8, 4) is 0 Å². The van der Waals surface area contributed by atoms with Crippen LogP contribution in [0.2, 0.25) is 5.15 Å². The summed E-state index contributed by atoms with van der Waals surface area (Å²) >= 11 is 5.98. The van der Waals surface area contributed by atoms with Crippen LogP contribution in [0.25, 0.3) is 11.0 Å². The fourth-order valence-electron chi connectivity index (χ4n) is 2.02. The number of nitrogens with zero attached hydrogens (tertiary/aromatic N) is 3. The lowest BCUT2D eigenvalue weighted by atomic mass is 10.2. The Morgan fingerprint density at radius 1 is 1.46 bits per heavy atom. The van der Waals surface area contributed by atoms with E-state index in [-0.39, 0.29) is 17.6 Å². The van der Waals surface area contributed by atoms with Crippen LogP contribution in [-0.2, 0) is 16.1 Å². The van der Waals surface area contributed by atoms with Gasteiger partial charge in [0.15, 0.2) is 0 Å². The Labute approximate surface area is 142 Å². The monoisotopic (exact) mass is 355 g/mol. The minimum absolute atomic E-state index is 0.0283. The number of hydrogen-bond donors (Lipinski definition) is 3. The Balaban J connectivity index is 2.23. The number of rotatable bonds is 4. The normalized spacial score (nSPS) is 12.8. The topological polar surface area (TPSA) is 132 Å². The van der Waals surface area contributed by atoms with Crippen molar-refractivity contribution in [3.05, 3.63) is 17.4 Å². The molecule has 0 aliphatic carbocycles. The number of nitrogens with one attached hydrogen (secondary N) is 1. The number of fused-ring (bicyclic) bond motifs is 1. The summed E-state index contributed by atoms with van der Waals surface area (Å²) in [6, 6.07) is 0.425. The van der Waals surface area contributed by atoms with Gasteiger partial charge in [-0.2, -0.15) is 4.98 Å². The number of nitrogen functional groups attached to an aromatic ring is 1. The minimum Gasteiger partial charge on any atom is -0.480 e. The van der Waals surface area contributed by atoms with Gasteiger partial charge < -0.3 is 25.5 Å². The summed E-state index contributed by atoms with van der Waals surface area (Å²) in [5.74, 6) is -1.24. The molecule has 0 spiro atoms. The van der Waals surface area contributed by atoms with Crippen LogP contribution in [0.5, 0.6) is 0 Å². The molecule has 0 bridgehead atoms. The van der Waals surface area contributed by atoms with E-state index in [0.29, 0.717) is 11.0 Å². The smallest absolute Gasteiger partial charge is 0.408 e.